The fraction of sp³-hybridized carbons (Fsp3) is 0.235. The molecule has 4 heteroatoms. The van der Waals surface area contributed by atoms with E-state index in [0.29, 0.717) is 11.1 Å². The average Bonchev–Trinajstić information content (AvgIpc) is 2.53. The summed E-state index contributed by atoms with van der Waals surface area (Å²) in [6.07, 6.45) is 0.726. The fourth-order valence-electron chi connectivity index (χ4n) is 2.21. The molecule has 2 aromatic carbocycles. The Morgan fingerprint density at radius 3 is 2.67 bits per heavy atom. The zero-order valence-electron chi connectivity index (χ0n) is 12.1. The minimum Gasteiger partial charge on any atom is -0.465 e. The molecule has 1 atom stereocenters. The number of halogens is 1. The van der Waals surface area contributed by atoms with E-state index >= 15 is 0 Å². The number of benzene rings is 2. The van der Waals surface area contributed by atoms with Crippen LogP contribution in [0.5, 0.6) is 0 Å². The van der Waals surface area contributed by atoms with Gasteiger partial charge in [-0.25, -0.2) is 9.18 Å². The molecule has 0 radical (unpaired) electrons. The number of esters is 1. The summed E-state index contributed by atoms with van der Waals surface area (Å²) in [5.41, 5.74) is 1.84. The molecule has 3 nitrogen and oxygen atoms in total. The smallest absolute Gasteiger partial charge is 0.337 e. The van der Waals surface area contributed by atoms with Gasteiger partial charge in [0.15, 0.2) is 0 Å². The molecule has 0 fully saturated rings. The van der Waals surface area contributed by atoms with Gasteiger partial charge in [0.2, 0.25) is 0 Å². The van der Waals surface area contributed by atoms with Gasteiger partial charge in [-0.1, -0.05) is 31.2 Å². The van der Waals surface area contributed by atoms with Crippen LogP contribution in [0.3, 0.4) is 0 Å². The second-order valence-electron chi connectivity index (χ2n) is 4.70. The molecular formula is C17H18FNO2. The summed E-state index contributed by atoms with van der Waals surface area (Å²) in [7, 11) is 1.34. The third-order valence-electron chi connectivity index (χ3n) is 3.31. The minimum absolute atomic E-state index is 0.154. The standard InChI is InChI=1S/C17H18FNO2/c1-3-16(14-9-4-5-10-15(14)18)19-13-8-6-7-12(11-13)17(20)21-2/h4-11,16,19H,3H2,1-2H3. The second kappa shape index (κ2) is 6.88. The Hall–Kier alpha value is -2.36. The Morgan fingerprint density at radius 2 is 2.00 bits per heavy atom. The van der Waals surface area contributed by atoms with E-state index in [-0.39, 0.29) is 11.9 Å². The van der Waals surface area contributed by atoms with E-state index < -0.39 is 5.97 Å². The monoisotopic (exact) mass is 287 g/mol. The van der Waals surface area contributed by atoms with E-state index in [1.807, 2.05) is 19.1 Å². The van der Waals surface area contributed by atoms with Crippen molar-refractivity contribution in [1.82, 2.24) is 0 Å². The van der Waals surface area contributed by atoms with E-state index in [4.69, 9.17) is 4.74 Å². The topological polar surface area (TPSA) is 38.3 Å². The molecule has 2 aromatic rings. The average molecular weight is 287 g/mol. The number of ether oxygens (including phenoxy) is 1. The summed E-state index contributed by atoms with van der Waals surface area (Å²) in [5, 5.41) is 3.26. The molecule has 0 aliphatic carbocycles. The van der Waals surface area contributed by atoms with E-state index in [1.54, 1.807) is 30.3 Å². The van der Waals surface area contributed by atoms with Crippen LogP contribution in [-0.4, -0.2) is 13.1 Å². The first-order chi connectivity index (χ1) is 10.2. The Labute approximate surface area is 123 Å². The number of rotatable bonds is 5. The summed E-state index contributed by atoms with van der Waals surface area (Å²) in [6.45, 7) is 1.98. The highest BCUT2D eigenvalue weighted by Gasteiger charge is 2.14. The molecule has 0 aliphatic heterocycles. The van der Waals surface area contributed by atoms with Gasteiger partial charge in [0.1, 0.15) is 5.82 Å². The van der Waals surface area contributed by atoms with Gasteiger partial charge in [-0.3, -0.25) is 0 Å². The molecule has 2 rings (SSSR count). The lowest BCUT2D eigenvalue weighted by Crippen LogP contribution is -2.12. The third-order valence-corrected chi connectivity index (χ3v) is 3.31. The SMILES string of the molecule is CCC(Nc1cccc(C(=O)OC)c1)c1ccccc1F. The first kappa shape index (κ1) is 15.0. The van der Waals surface area contributed by atoms with Crippen LogP contribution in [0.15, 0.2) is 48.5 Å². The lowest BCUT2D eigenvalue weighted by Gasteiger charge is -2.19. The molecule has 0 bridgehead atoms. The summed E-state index contributed by atoms with van der Waals surface area (Å²) in [6, 6.07) is 13.5. The maximum absolute atomic E-state index is 13.9. The van der Waals surface area contributed by atoms with Gasteiger partial charge in [0.05, 0.1) is 18.7 Å². The zero-order valence-corrected chi connectivity index (χ0v) is 12.1. The molecular weight excluding hydrogens is 269 g/mol. The van der Waals surface area contributed by atoms with Crippen molar-refractivity contribution in [3.8, 4) is 0 Å². The fourth-order valence-corrected chi connectivity index (χ4v) is 2.21. The molecule has 0 spiro atoms. The van der Waals surface area contributed by atoms with Gasteiger partial charge in [-0.2, -0.15) is 0 Å². The predicted octanol–water partition coefficient (Wildman–Crippen LogP) is 4.18. The molecule has 0 aromatic heterocycles. The number of hydrogen-bond acceptors (Lipinski definition) is 3. The molecule has 0 saturated heterocycles. The van der Waals surface area contributed by atoms with Crippen LogP contribution in [0, 0.1) is 5.82 Å². The van der Waals surface area contributed by atoms with Crippen molar-refractivity contribution in [1.29, 1.82) is 0 Å². The van der Waals surface area contributed by atoms with Crippen LogP contribution in [0.2, 0.25) is 0 Å². The lowest BCUT2D eigenvalue weighted by atomic mass is 10.0. The Bertz CT molecular complexity index is 628. The van der Waals surface area contributed by atoms with Crippen molar-refractivity contribution >= 4 is 11.7 Å². The summed E-state index contributed by atoms with van der Waals surface area (Å²) < 4.78 is 18.6. The van der Waals surface area contributed by atoms with Crippen LogP contribution in [-0.2, 0) is 4.74 Å². The van der Waals surface area contributed by atoms with Crippen molar-refractivity contribution in [2.24, 2.45) is 0 Å². The molecule has 110 valence electrons. The molecule has 1 unspecified atom stereocenters. The van der Waals surface area contributed by atoms with Crippen molar-refractivity contribution in [3.63, 3.8) is 0 Å². The van der Waals surface area contributed by atoms with Gasteiger partial charge < -0.3 is 10.1 Å². The van der Waals surface area contributed by atoms with Gasteiger partial charge in [0.25, 0.3) is 0 Å². The quantitative estimate of drug-likeness (QED) is 0.839. The van der Waals surface area contributed by atoms with Crippen molar-refractivity contribution in [2.45, 2.75) is 19.4 Å². The largest absolute Gasteiger partial charge is 0.465 e. The Morgan fingerprint density at radius 1 is 1.24 bits per heavy atom. The van der Waals surface area contributed by atoms with Gasteiger partial charge in [-0.15, -0.1) is 0 Å². The number of carbonyl (C=O) groups excluding carboxylic acids is 1. The summed E-state index contributed by atoms with van der Waals surface area (Å²) in [5.74, 6) is -0.626. The van der Waals surface area contributed by atoms with Gasteiger partial charge in [-0.05, 0) is 30.7 Å². The maximum Gasteiger partial charge on any atom is 0.337 e. The Kier molecular flexibility index (Phi) is 4.93. The first-order valence-corrected chi connectivity index (χ1v) is 6.85. The van der Waals surface area contributed by atoms with Crippen LogP contribution < -0.4 is 5.32 Å². The first-order valence-electron chi connectivity index (χ1n) is 6.85. The van der Waals surface area contributed by atoms with Crippen molar-refractivity contribution in [3.05, 3.63) is 65.5 Å². The number of nitrogens with one attached hydrogen (secondary N) is 1. The van der Waals surface area contributed by atoms with Crippen LogP contribution in [0.4, 0.5) is 10.1 Å². The number of methoxy groups -OCH3 is 1. The predicted molar refractivity (Wildman–Crippen MR) is 80.8 cm³/mol. The lowest BCUT2D eigenvalue weighted by molar-refractivity contribution is 0.0601. The highest BCUT2D eigenvalue weighted by Crippen LogP contribution is 2.25. The highest BCUT2D eigenvalue weighted by molar-refractivity contribution is 5.90. The normalized spacial score (nSPS) is 11.8. The molecule has 0 amide bonds. The third kappa shape index (κ3) is 3.60. The van der Waals surface area contributed by atoms with E-state index in [2.05, 4.69) is 5.32 Å². The molecule has 0 aliphatic rings. The second-order valence-corrected chi connectivity index (χ2v) is 4.70. The van der Waals surface area contributed by atoms with Crippen molar-refractivity contribution < 1.29 is 13.9 Å². The van der Waals surface area contributed by atoms with Crippen LogP contribution >= 0.6 is 0 Å². The zero-order chi connectivity index (χ0) is 15.2. The van der Waals surface area contributed by atoms with Crippen molar-refractivity contribution in [2.75, 3.05) is 12.4 Å². The van der Waals surface area contributed by atoms with Crippen LogP contribution in [0.1, 0.15) is 35.3 Å². The number of carbonyl (C=O) groups is 1. The van der Waals surface area contributed by atoms with E-state index in [0.717, 1.165) is 12.1 Å². The van der Waals surface area contributed by atoms with Gasteiger partial charge >= 0.3 is 5.97 Å². The summed E-state index contributed by atoms with van der Waals surface area (Å²) in [4.78, 5) is 11.5. The van der Waals surface area contributed by atoms with E-state index in [1.165, 1.54) is 13.2 Å². The number of anilines is 1. The highest BCUT2D eigenvalue weighted by atomic mass is 19.1. The molecule has 1 N–H and O–H groups in total. The summed E-state index contributed by atoms with van der Waals surface area (Å²) >= 11 is 0. The van der Waals surface area contributed by atoms with E-state index in [9.17, 15) is 9.18 Å². The molecule has 0 heterocycles. The molecule has 21 heavy (non-hydrogen) atoms. The maximum atomic E-state index is 13.9. The van der Waals surface area contributed by atoms with Gasteiger partial charge in [0, 0.05) is 11.3 Å². The van der Waals surface area contributed by atoms with Crippen LogP contribution in [0.25, 0.3) is 0 Å². The minimum atomic E-state index is -0.391. The number of hydrogen-bond donors (Lipinski definition) is 1. The molecule has 0 saturated carbocycles. The Balaban J connectivity index is 2.23.